The maximum absolute atomic E-state index is 5.62. The number of nitrogens with zero attached hydrogens (tertiary/aromatic N) is 2. The van der Waals surface area contributed by atoms with Gasteiger partial charge in [-0.2, -0.15) is 0 Å². The van der Waals surface area contributed by atoms with E-state index >= 15 is 0 Å². The van der Waals surface area contributed by atoms with Crippen LogP contribution >= 0.6 is 0 Å². The quantitative estimate of drug-likeness (QED) is 0.753. The van der Waals surface area contributed by atoms with Gasteiger partial charge < -0.3 is 0 Å². The smallest absolute Gasteiger partial charge is 0.180 e. The molecule has 1 fully saturated rings. The molecular formula is C14H14N2O. The van der Waals surface area contributed by atoms with E-state index in [0.717, 1.165) is 5.56 Å². The second kappa shape index (κ2) is 4.28. The second-order valence-corrected chi connectivity index (χ2v) is 4.18. The molecule has 1 saturated heterocycles. The summed E-state index contributed by atoms with van der Waals surface area (Å²) >= 11 is 0. The minimum Gasteiger partial charge on any atom is -0.269 e. The van der Waals surface area contributed by atoms with Crippen molar-refractivity contribution in [2.75, 3.05) is 0 Å². The van der Waals surface area contributed by atoms with Gasteiger partial charge in [0, 0.05) is 18.0 Å². The molecule has 0 N–H and O–H groups in total. The fourth-order valence-electron chi connectivity index (χ4n) is 2.00. The molecule has 0 radical (unpaired) electrons. The van der Waals surface area contributed by atoms with Crippen molar-refractivity contribution in [2.45, 2.75) is 19.2 Å². The number of hydroxylamine groups is 2. The van der Waals surface area contributed by atoms with Crippen LogP contribution in [0.4, 0.5) is 0 Å². The number of pyridine rings is 1. The lowest BCUT2D eigenvalue weighted by Gasteiger charge is -2.10. The van der Waals surface area contributed by atoms with E-state index in [2.05, 4.69) is 36.2 Å². The van der Waals surface area contributed by atoms with Crippen LogP contribution in [0.1, 0.15) is 30.3 Å². The van der Waals surface area contributed by atoms with Crippen LogP contribution in [0.2, 0.25) is 0 Å². The minimum absolute atomic E-state index is 0.0770. The number of rotatable bonds is 3. The number of hydrogen-bond donors (Lipinski definition) is 0. The van der Waals surface area contributed by atoms with Crippen LogP contribution in [0.25, 0.3) is 0 Å². The average molecular weight is 226 g/mol. The van der Waals surface area contributed by atoms with E-state index in [0.29, 0.717) is 0 Å². The van der Waals surface area contributed by atoms with E-state index in [1.54, 1.807) is 12.4 Å². The van der Waals surface area contributed by atoms with Gasteiger partial charge >= 0.3 is 0 Å². The molecule has 3 rings (SSSR count). The molecular weight excluding hydrogens is 212 g/mol. The normalized spacial score (nSPS) is 24.3. The predicted octanol–water partition coefficient (Wildman–Crippen LogP) is 3.09. The van der Waals surface area contributed by atoms with E-state index < -0.39 is 0 Å². The third kappa shape index (κ3) is 2.07. The lowest BCUT2D eigenvalue weighted by Crippen LogP contribution is -2.05. The van der Waals surface area contributed by atoms with Gasteiger partial charge in [0.1, 0.15) is 0 Å². The molecule has 1 aliphatic rings. The molecule has 0 aliphatic carbocycles. The molecule has 1 aliphatic heterocycles. The standard InChI is InChI=1S/C14H14N2O/c1-11(12-5-3-2-4-6-12)16-14(17-16)13-7-9-15-10-8-13/h2-11,14H,1H3/t11-,14-,16?/m1/s1. The third-order valence-corrected chi connectivity index (χ3v) is 3.06. The van der Waals surface area contributed by atoms with Crippen LogP contribution in [0.15, 0.2) is 54.9 Å². The lowest BCUT2D eigenvalue weighted by molar-refractivity contribution is 0.155. The molecule has 0 bridgehead atoms. The molecule has 1 unspecified atom stereocenters. The monoisotopic (exact) mass is 226 g/mol. The van der Waals surface area contributed by atoms with E-state index in [-0.39, 0.29) is 12.3 Å². The molecule has 3 atom stereocenters. The number of aromatic nitrogens is 1. The first-order chi connectivity index (χ1) is 8.36. The van der Waals surface area contributed by atoms with E-state index in [1.807, 2.05) is 23.3 Å². The summed E-state index contributed by atoms with van der Waals surface area (Å²) < 4.78 is 0. The van der Waals surface area contributed by atoms with E-state index in [4.69, 9.17) is 4.84 Å². The van der Waals surface area contributed by atoms with Crippen molar-refractivity contribution in [3.63, 3.8) is 0 Å². The molecule has 0 saturated carbocycles. The van der Waals surface area contributed by atoms with Gasteiger partial charge in [0.15, 0.2) is 6.23 Å². The molecule has 0 spiro atoms. The number of hydrogen-bond acceptors (Lipinski definition) is 3. The summed E-state index contributed by atoms with van der Waals surface area (Å²) in [6, 6.07) is 14.6. The Labute approximate surface area is 101 Å². The first-order valence-electron chi connectivity index (χ1n) is 5.76. The van der Waals surface area contributed by atoms with Crippen molar-refractivity contribution in [1.29, 1.82) is 0 Å². The molecule has 2 aromatic rings. The first kappa shape index (κ1) is 10.4. The van der Waals surface area contributed by atoms with Gasteiger partial charge in [-0.05, 0) is 24.6 Å². The highest BCUT2D eigenvalue weighted by molar-refractivity contribution is 5.21. The maximum atomic E-state index is 5.62. The Morgan fingerprint density at radius 2 is 1.82 bits per heavy atom. The molecule has 1 aromatic carbocycles. The SMILES string of the molecule is C[C@H](c1ccccc1)N1O[C@@H]1c1ccncc1. The highest BCUT2D eigenvalue weighted by Crippen LogP contribution is 2.43. The highest BCUT2D eigenvalue weighted by Gasteiger charge is 2.42. The van der Waals surface area contributed by atoms with Crippen LogP contribution in [0, 0.1) is 0 Å². The van der Waals surface area contributed by atoms with Crippen molar-refractivity contribution in [2.24, 2.45) is 0 Å². The molecule has 1 aromatic heterocycles. The molecule has 3 heteroatoms. The van der Waals surface area contributed by atoms with Crippen LogP contribution in [-0.4, -0.2) is 10.0 Å². The van der Waals surface area contributed by atoms with E-state index in [9.17, 15) is 0 Å². The second-order valence-electron chi connectivity index (χ2n) is 4.18. The summed E-state index contributed by atoms with van der Waals surface area (Å²) in [6.45, 7) is 2.15. The predicted molar refractivity (Wildman–Crippen MR) is 64.8 cm³/mol. The third-order valence-electron chi connectivity index (χ3n) is 3.06. The first-order valence-corrected chi connectivity index (χ1v) is 5.76. The topological polar surface area (TPSA) is 28.4 Å². The average Bonchev–Trinajstić information content (AvgIpc) is 3.20. The summed E-state index contributed by atoms with van der Waals surface area (Å²) in [5.41, 5.74) is 2.42. The van der Waals surface area contributed by atoms with Gasteiger partial charge in [0.05, 0.1) is 6.04 Å². The van der Waals surface area contributed by atoms with Crippen molar-refractivity contribution >= 4 is 0 Å². The van der Waals surface area contributed by atoms with Crippen molar-refractivity contribution in [3.8, 4) is 0 Å². The Hall–Kier alpha value is -1.71. The summed E-state index contributed by atoms with van der Waals surface area (Å²) in [5, 5.41) is 2.00. The van der Waals surface area contributed by atoms with Crippen molar-refractivity contribution < 1.29 is 4.84 Å². The van der Waals surface area contributed by atoms with Gasteiger partial charge in [0.25, 0.3) is 0 Å². The zero-order chi connectivity index (χ0) is 11.7. The Balaban J connectivity index is 1.73. The molecule has 86 valence electrons. The van der Waals surface area contributed by atoms with Gasteiger partial charge in [-0.15, -0.1) is 5.06 Å². The number of benzene rings is 1. The zero-order valence-electron chi connectivity index (χ0n) is 9.65. The minimum atomic E-state index is 0.0770. The van der Waals surface area contributed by atoms with Gasteiger partial charge in [0.2, 0.25) is 0 Å². The zero-order valence-corrected chi connectivity index (χ0v) is 9.65. The molecule has 17 heavy (non-hydrogen) atoms. The summed E-state index contributed by atoms with van der Waals surface area (Å²) in [4.78, 5) is 9.63. The van der Waals surface area contributed by atoms with Crippen molar-refractivity contribution in [1.82, 2.24) is 10.0 Å². The Kier molecular flexibility index (Phi) is 2.63. The maximum Gasteiger partial charge on any atom is 0.180 e. The Bertz CT molecular complexity index is 486. The van der Waals surface area contributed by atoms with Crippen LogP contribution in [0.5, 0.6) is 0 Å². The van der Waals surface area contributed by atoms with Crippen LogP contribution in [0.3, 0.4) is 0 Å². The van der Waals surface area contributed by atoms with Gasteiger partial charge in [-0.3, -0.25) is 9.82 Å². The highest BCUT2D eigenvalue weighted by atomic mass is 16.8. The summed E-state index contributed by atoms with van der Waals surface area (Å²) in [7, 11) is 0. The van der Waals surface area contributed by atoms with Gasteiger partial charge in [-0.1, -0.05) is 30.3 Å². The summed E-state index contributed by atoms with van der Waals surface area (Å²) in [5.74, 6) is 0. The summed E-state index contributed by atoms with van der Waals surface area (Å²) in [6.07, 6.45) is 3.67. The van der Waals surface area contributed by atoms with Gasteiger partial charge in [-0.25, -0.2) is 0 Å². The molecule has 0 amide bonds. The lowest BCUT2D eigenvalue weighted by atomic mass is 10.1. The molecule has 3 nitrogen and oxygen atoms in total. The fraction of sp³-hybridized carbons (Fsp3) is 0.214. The Morgan fingerprint density at radius 1 is 1.12 bits per heavy atom. The Morgan fingerprint density at radius 3 is 2.53 bits per heavy atom. The van der Waals surface area contributed by atoms with Crippen LogP contribution < -0.4 is 0 Å². The molecule has 2 heterocycles. The fourth-order valence-corrected chi connectivity index (χ4v) is 2.00. The van der Waals surface area contributed by atoms with E-state index in [1.165, 1.54) is 5.56 Å². The van der Waals surface area contributed by atoms with Crippen LogP contribution in [-0.2, 0) is 4.84 Å². The largest absolute Gasteiger partial charge is 0.269 e. The van der Waals surface area contributed by atoms with Crippen molar-refractivity contribution in [3.05, 3.63) is 66.0 Å².